The standard InChI is InChI=1S/C7H12FNO/c8-3-7-1-6(2-7,4-9)5-10-7/h1-5,9H2. The zero-order valence-corrected chi connectivity index (χ0v) is 5.90. The van der Waals surface area contributed by atoms with E-state index in [0.29, 0.717) is 13.2 Å². The average Bonchev–Trinajstić information content (AvgIpc) is 2.40. The zero-order valence-electron chi connectivity index (χ0n) is 5.90. The Kier molecular flexibility index (Phi) is 1.12. The Hall–Kier alpha value is -0.150. The van der Waals surface area contributed by atoms with E-state index in [-0.39, 0.29) is 12.1 Å². The van der Waals surface area contributed by atoms with Gasteiger partial charge in [-0.3, -0.25) is 0 Å². The van der Waals surface area contributed by atoms with Crippen molar-refractivity contribution < 1.29 is 9.13 Å². The normalized spacial score (nSPS) is 51.0. The molecule has 2 heterocycles. The molecule has 2 saturated heterocycles. The molecule has 3 rings (SSSR count). The summed E-state index contributed by atoms with van der Waals surface area (Å²) in [5, 5.41) is 0. The fourth-order valence-corrected chi connectivity index (χ4v) is 2.16. The lowest BCUT2D eigenvalue weighted by Gasteiger charge is -2.42. The highest BCUT2D eigenvalue weighted by atomic mass is 19.1. The van der Waals surface area contributed by atoms with Crippen LogP contribution in [0.15, 0.2) is 0 Å². The third-order valence-electron chi connectivity index (χ3n) is 2.76. The molecule has 0 spiro atoms. The topological polar surface area (TPSA) is 35.2 Å². The molecule has 1 saturated carbocycles. The van der Waals surface area contributed by atoms with E-state index < -0.39 is 5.60 Å². The Bertz CT molecular complexity index is 138. The van der Waals surface area contributed by atoms with E-state index in [2.05, 4.69) is 0 Å². The molecule has 2 N–H and O–H groups in total. The van der Waals surface area contributed by atoms with Gasteiger partial charge in [-0.05, 0) is 12.8 Å². The minimum atomic E-state index is -0.403. The lowest BCUT2D eigenvalue weighted by Crippen LogP contribution is -2.49. The third-order valence-corrected chi connectivity index (χ3v) is 2.76. The van der Waals surface area contributed by atoms with Gasteiger partial charge >= 0.3 is 0 Å². The maximum atomic E-state index is 12.3. The van der Waals surface area contributed by atoms with Gasteiger partial charge in [0.25, 0.3) is 0 Å². The molecule has 10 heavy (non-hydrogen) atoms. The minimum Gasteiger partial charge on any atom is -0.372 e. The summed E-state index contributed by atoms with van der Waals surface area (Å²) in [7, 11) is 0. The predicted molar refractivity (Wildman–Crippen MR) is 35.4 cm³/mol. The first kappa shape index (κ1) is 6.55. The molecule has 1 aliphatic carbocycles. The quantitative estimate of drug-likeness (QED) is 0.612. The van der Waals surface area contributed by atoms with Gasteiger partial charge in [-0.1, -0.05) is 0 Å². The molecular formula is C7H12FNO. The number of halogens is 1. The van der Waals surface area contributed by atoms with Gasteiger partial charge in [-0.15, -0.1) is 0 Å². The summed E-state index contributed by atoms with van der Waals surface area (Å²) in [6.45, 7) is 0.983. The first-order valence-electron chi connectivity index (χ1n) is 3.64. The van der Waals surface area contributed by atoms with Crippen molar-refractivity contribution in [3.63, 3.8) is 0 Å². The van der Waals surface area contributed by atoms with Crippen LogP contribution in [0.1, 0.15) is 12.8 Å². The van der Waals surface area contributed by atoms with Crippen LogP contribution in [0.25, 0.3) is 0 Å². The highest BCUT2D eigenvalue weighted by molar-refractivity contribution is 5.11. The Labute approximate surface area is 59.5 Å². The van der Waals surface area contributed by atoms with Gasteiger partial charge in [0.15, 0.2) is 0 Å². The summed E-state index contributed by atoms with van der Waals surface area (Å²) in [5.74, 6) is 0. The number of fused-ring (bicyclic) bond motifs is 1. The summed E-state index contributed by atoms with van der Waals surface area (Å²) in [5.41, 5.74) is 5.27. The summed E-state index contributed by atoms with van der Waals surface area (Å²) in [6.07, 6.45) is 1.68. The van der Waals surface area contributed by atoms with Crippen LogP contribution in [0.5, 0.6) is 0 Å². The molecule has 3 heteroatoms. The van der Waals surface area contributed by atoms with Gasteiger partial charge in [-0.25, -0.2) is 4.39 Å². The predicted octanol–water partition coefficient (Wildman–Crippen LogP) is 0.464. The van der Waals surface area contributed by atoms with Crippen molar-refractivity contribution >= 4 is 0 Å². The molecule has 3 fully saturated rings. The van der Waals surface area contributed by atoms with E-state index in [1.807, 2.05) is 0 Å². The monoisotopic (exact) mass is 145 g/mol. The number of hydrogen-bond donors (Lipinski definition) is 1. The second-order valence-electron chi connectivity index (χ2n) is 3.66. The summed E-state index contributed by atoms with van der Waals surface area (Å²) in [4.78, 5) is 0. The molecule has 58 valence electrons. The second kappa shape index (κ2) is 1.71. The van der Waals surface area contributed by atoms with E-state index in [4.69, 9.17) is 10.5 Å². The van der Waals surface area contributed by atoms with Crippen LogP contribution >= 0.6 is 0 Å². The SMILES string of the molecule is NCC12COC(CF)(C1)C2. The summed E-state index contributed by atoms with van der Waals surface area (Å²) >= 11 is 0. The Balaban J connectivity index is 2.06. The summed E-state index contributed by atoms with van der Waals surface area (Å²) < 4.78 is 17.6. The lowest BCUT2D eigenvalue weighted by atomic mass is 9.63. The number of alkyl halides is 1. The number of rotatable bonds is 2. The zero-order chi connectivity index (χ0) is 7.24. The molecular weight excluding hydrogens is 133 g/mol. The molecule has 0 amide bonds. The minimum absolute atomic E-state index is 0.159. The van der Waals surface area contributed by atoms with Crippen LogP contribution < -0.4 is 5.73 Å². The van der Waals surface area contributed by atoms with E-state index in [0.717, 1.165) is 12.8 Å². The highest BCUT2D eigenvalue weighted by Crippen LogP contribution is 2.57. The van der Waals surface area contributed by atoms with E-state index in [1.165, 1.54) is 0 Å². The fourth-order valence-electron chi connectivity index (χ4n) is 2.16. The first-order valence-corrected chi connectivity index (χ1v) is 3.64. The average molecular weight is 145 g/mol. The van der Waals surface area contributed by atoms with Crippen LogP contribution in [0, 0.1) is 5.41 Å². The maximum Gasteiger partial charge on any atom is 0.118 e. The van der Waals surface area contributed by atoms with Crippen molar-refractivity contribution in [1.82, 2.24) is 0 Å². The Morgan fingerprint density at radius 3 is 2.50 bits per heavy atom. The van der Waals surface area contributed by atoms with Gasteiger partial charge in [-0.2, -0.15) is 0 Å². The van der Waals surface area contributed by atoms with Gasteiger partial charge in [0, 0.05) is 12.0 Å². The molecule has 0 aromatic heterocycles. The van der Waals surface area contributed by atoms with Crippen molar-refractivity contribution in [2.45, 2.75) is 18.4 Å². The number of ether oxygens (including phenoxy) is 1. The largest absolute Gasteiger partial charge is 0.372 e. The molecule has 0 aromatic rings. The number of nitrogens with two attached hydrogens (primary N) is 1. The summed E-state index contributed by atoms with van der Waals surface area (Å²) in [6, 6.07) is 0. The van der Waals surface area contributed by atoms with Crippen molar-refractivity contribution in [3.8, 4) is 0 Å². The maximum absolute atomic E-state index is 12.3. The van der Waals surface area contributed by atoms with Crippen molar-refractivity contribution in [1.29, 1.82) is 0 Å². The van der Waals surface area contributed by atoms with E-state index in [9.17, 15) is 4.39 Å². The fraction of sp³-hybridized carbons (Fsp3) is 1.00. The van der Waals surface area contributed by atoms with Crippen LogP contribution in [0.4, 0.5) is 4.39 Å². The molecule has 0 aromatic carbocycles. The van der Waals surface area contributed by atoms with Gasteiger partial charge in [0.05, 0.1) is 12.2 Å². The molecule has 2 nitrogen and oxygen atoms in total. The van der Waals surface area contributed by atoms with Crippen molar-refractivity contribution in [3.05, 3.63) is 0 Å². The lowest BCUT2D eigenvalue weighted by molar-refractivity contribution is -0.0328. The molecule has 0 unspecified atom stereocenters. The van der Waals surface area contributed by atoms with E-state index in [1.54, 1.807) is 0 Å². The molecule has 0 radical (unpaired) electrons. The van der Waals surface area contributed by atoms with Crippen LogP contribution in [0.2, 0.25) is 0 Å². The molecule has 2 aliphatic heterocycles. The molecule has 0 atom stereocenters. The van der Waals surface area contributed by atoms with Crippen molar-refractivity contribution in [2.75, 3.05) is 19.8 Å². The first-order chi connectivity index (χ1) is 4.74. The van der Waals surface area contributed by atoms with Crippen LogP contribution in [0.3, 0.4) is 0 Å². The van der Waals surface area contributed by atoms with Gasteiger partial charge in [0.1, 0.15) is 6.67 Å². The van der Waals surface area contributed by atoms with Gasteiger partial charge < -0.3 is 10.5 Å². The number of hydrogen-bond acceptors (Lipinski definition) is 2. The van der Waals surface area contributed by atoms with E-state index >= 15 is 0 Å². The van der Waals surface area contributed by atoms with Gasteiger partial charge in [0.2, 0.25) is 0 Å². The molecule has 3 aliphatic rings. The smallest absolute Gasteiger partial charge is 0.118 e. The van der Waals surface area contributed by atoms with Crippen LogP contribution in [-0.2, 0) is 4.74 Å². The van der Waals surface area contributed by atoms with Crippen LogP contribution in [-0.4, -0.2) is 25.4 Å². The second-order valence-corrected chi connectivity index (χ2v) is 3.66. The third kappa shape index (κ3) is 0.596. The molecule has 2 bridgehead atoms. The Morgan fingerprint density at radius 2 is 2.20 bits per heavy atom. The Morgan fingerprint density at radius 1 is 1.50 bits per heavy atom. The highest BCUT2D eigenvalue weighted by Gasteiger charge is 2.61. The van der Waals surface area contributed by atoms with Crippen molar-refractivity contribution in [2.24, 2.45) is 11.1 Å².